The summed E-state index contributed by atoms with van der Waals surface area (Å²) in [6, 6.07) is 8.90. The molecule has 22 heavy (non-hydrogen) atoms. The van der Waals surface area contributed by atoms with Crippen molar-refractivity contribution in [2.24, 2.45) is 0 Å². The maximum Gasteiger partial charge on any atom is 0.410 e. The molecule has 2 rings (SSSR count). The number of benzene rings is 1. The van der Waals surface area contributed by atoms with Gasteiger partial charge < -0.3 is 15.2 Å². The van der Waals surface area contributed by atoms with Gasteiger partial charge in [0.15, 0.2) is 0 Å². The summed E-state index contributed by atoms with van der Waals surface area (Å²) in [6.45, 7) is 2.49. The summed E-state index contributed by atoms with van der Waals surface area (Å²) < 4.78 is 5.28. The number of carbonyl (C=O) groups excluding carboxylic acids is 2. The van der Waals surface area contributed by atoms with Gasteiger partial charge in [-0.1, -0.05) is 30.3 Å². The number of hydrogen-bond donors (Lipinski definition) is 2. The van der Waals surface area contributed by atoms with Crippen molar-refractivity contribution in [1.82, 2.24) is 10.2 Å². The third-order valence-corrected chi connectivity index (χ3v) is 3.57. The highest BCUT2D eigenvalue weighted by atomic mass is 16.6. The number of aliphatic hydroxyl groups is 1. The van der Waals surface area contributed by atoms with Crippen LogP contribution in [0.1, 0.15) is 25.3 Å². The van der Waals surface area contributed by atoms with Gasteiger partial charge in [-0.05, 0) is 25.3 Å². The first-order valence-corrected chi connectivity index (χ1v) is 7.51. The van der Waals surface area contributed by atoms with E-state index in [-0.39, 0.29) is 19.1 Å². The summed E-state index contributed by atoms with van der Waals surface area (Å²) >= 11 is 0. The van der Waals surface area contributed by atoms with Crippen LogP contribution in [0.4, 0.5) is 4.79 Å². The summed E-state index contributed by atoms with van der Waals surface area (Å²) in [7, 11) is 0. The van der Waals surface area contributed by atoms with Crippen molar-refractivity contribution < 1.29 is 19.4 Å². The molecule has 1 fully saturated rings. The minimum atomic E-state index is -0.608. The molecule has 6 nitrogen and oxygen atoms in total. The van der Waals surface area contributed by atoms with E-state index in [0.717, 1.165) is 12.0 Å². The largest absolute Gasteiger partial charge is 0.445 e. The molecule has 1 aliphatic heterocycles. The highest BCUT2D eigenvalue weighted by Gasteiger charge is 2.35. The fraction of sp³-hybridized carbons (Fsp3) is 0.500. The normalized spacial score (nSPS) is 18.8. The molecule has 120 valence electrons. The second-order valence-electron chi connectivity index (χ2n) is 5.49. The Morgan fingerprint density at radius 1 is 1.41 bits per heavy atom. The number of nitrogens with zero attached hydrogens (tertiary/aromatic N) is 1. The predicted octanol–water partition coefficient (Wildman–Crippen LogP) is 1.28. The Morgan fingerprint density at radius 2 is 2.14 bits per heavy atom. The van der Waals surface area contributed by atoms with Crippen molar-refractivity contribution in [3.8, 4) is 0 Å². The topological polar surface area (TPSA) is 78.9 Å². The van der Waals surface area contributed by atoms with E-state index >= 15 is 0 Å². The van der Waals surface area contributed by atoms with Gasteiger partial charge in [0.2, 0.25) is 5.91 Å². The average Bonchev–Trinajstić information content (AvgIpc) is 3.01. The van der Waals surface area contributed by atoms with Crippen molar-refractivity contribution in [2.45, 2.75) is 38.5 Å². The molecule has 0 aromatic heterocycles. The van der Waals surface area contributed by atoms with Crippen LogP contribution in [0.2, 0.25) is 0 Å². The highest BCUT2D eigenvalue weighted by Crippen LogP contribution is 2.19. The highest BCUT2D eigenvalue weighted by molar-refractivity contribution is 5.86. The molecule has 2 atom stereocenters. The summed E-state index contributed by atoms with van der Waals surface area (Å²) in [5.74, 6) is -0.241. The van der Waals surface area contributed by atoms with E-state index in [4.69, 9.17) is 4.74 Å². The van der Waals surface area contributed by atoms with Crippen molar-refractivity contribution in [2.75, 3.05) is 13.1 Å². The molecule has 2 unspecified atom stereocenters. The van der Waals surface area contributed by atoms with Crippen molar-refractivity contribution >= 4 is 12.0 Å². The molecule has 0 saturated carbocycles. The Hall–Kier alpha value is -2.08. The molecule has 1 aliphatic rings. The van der Waals surface area contributed by atoms with Gasteiger partial charge in [0.05, 0.1) is 6.10 Å². The number of hydrogen-bond acceptors (Lipinski definition) is 4. The van der Waals surface area contributed by atoms with Crippen LogP contribution in [-0.2, 0) is 16.1 Å². The molecule has 1 heterocycles. The van der Waals surface area contributed by atoms with Crippen molar-refractivity contribution in [3.63, 3.8) is 0 Å². The minimum Gasteiger partial charge on any atom is -0.445 e. The monoisotopic (exact) mass is 306 g/mol. The first kappa shape index (κ1) is 16.3. The fourth-order valence-electron chi connectivity index (χ4n) is 2.43. The lowest BCUT2D eigenvalue weighted by atomic mass is 10.2. The Labute approximate surface area is 130 Å². The molecule has 2 N–H and O–H groups in total. The number of nitrogens with one attached hydrogen (secondary N) is 1. The Kier molecular flexibility index (Phi) is 5.77. The first-order chi connectivity index (χ1) is 10.6. The van der Waals surface area contributed by atoms with Crippen molar-refractivity contribution in [1.29, 1.82) is 0 Å². The maximum absolute atomic E-state index is 12.1. The summed E-state index contributed by atoms with van der Waals surface area (Å²) in [4.78, 5) is 25.7. The molecule has 0 radical (unpaired) electrons. The smallest absolute Gasteiger partial charge is 0.410 e. The van der Waals surface area contributed by atoms with Gasteiger partial charge in [0.25, 0.3) is 0 Å². The molecular weight excluding hydrogens is 284 g/mol. The Morgan fingerprint density at radius 3 is 2.82 bits per heavy atom. The number of carbonyl (C=O) groups is 2. The van der Waals surface area contributed by atoms with Gasteiger partial charge in [-0.15, -0.1) is 0 Å². The van der Waals surface area contributed by atoms with Gasteiger partial charge in [-0.2, -0.15) is 0 Å². The quantitative estimate of drug-likeness (QED) is 0.859. The lowest BCUT2D eigenvalue weighted by molar-refractivity contribution is -0.125. The maximum atomic E-state index is 12.1. The zero-order valence-electron chi connectivity index (χ0n) is 12.7. The van der Waals surface area contributed by atoms with Crippen LogP contribution < -0.4 is 5.32 Å². The second kappa shape index (κ2) is 7.79. The van der Waals surface area contributed by atoms with Crippen LogP contribution >= 0.6 is 0 Å². The number of ether oxygens (including phenoxy) is 1. The van der Waals surface area contributed by atoms with Crippen LogP contribution in [0.15, 0.2) is 30.3 Å². The molecule has 1 aromatic rings. The zero-order chi connectivity index (χ0) is 15.9. The molecule has 0 aliphatic carbocycles. The Bertz CT molecular complexity index is 504. The molecule has 1 aromatic carbocycles. The van der Waals surface area contributed by atoms with Crippen LogP contribution in [0.25, 0.3) is 0 Å². The van der Waals surface area contributed by atoms with Crippen LogP contribution in [0.5, 0.6) is 0 Å². The van der Waals surface area contributed by atoms with Crippen molar-refractivity contribution in [3.05, 3.63) is 35.9 Å². The molecular formula is C16H22N2O4. The van der Waals surface area contributed by atoms with Crippen LogP contribution in [-0.4, -0.2) is 47.2 Å². The number of aliphatic hydroxyl groups excluding tert-OH is 1. The van der Waals surface area contributed by atoms with Crippen LogP contribution in [0.3, 0.4) is 0 Å². The summed E-state index contributed by atoms with van der Waals surface area (Å²) in [5.41, 5.74) is 0.908. The predicted molar refractivity (Wildman–Crippen MR) is 81.0 cm³/mol. The Balaban J connectivity index is 1.86. The summed E-state index contributed by atoms with van der Waals surface area (Å²) in [6.07, 6.45) is 0.307. The SMILES string of the molecule is CC(O)CNC(=O)C1CCCN1C(=O)OCc1ccccc1. The van der Waals surface area contributed by atoms with Gasteiger partial charge in [-0.3, -0.25) is 9.69 Å². The molecule has 0 bridgehead atoms. The fourth-order valence-corrected chi connectivity index (χ4v) is 2.43. The molecule has 2 amide bonds. The number of rotatable bonds is 5. The van der Waals surface area contributed by atoms with Crippen LogP contribution in [0, 0.1) is 0 Å². The molecule has 1 saturated heterocycles. The van der Waals surface area contributed by atoms with Gasteiger partial charge in [0.1, 0.15) is 12.6 Å². The van der Waals surface area contributed by atoms with E-state index in [9.17, 15) is 14.7 Å². The minimum absolute atomic E-state index is 0.183. The third kappa shape index (κ3) is 4.46. The average molecular weight is 306 g/mol. The summed E-state index contributed by atoms with van der Waals surface area (Å²) in [5, 5.41) is 11.9. The van der Waals surface area contributed by atoms with E-state index in [0.29, 0.717) is 13.0 Å². The van der Waals surface area contributed by atoms with E-state index < -0.39 is 18.2 Å². The van der Waals surface area contributed by atoms with E-state index in [2.05, 4.69) is 5.32 Å². The standard InChI is InChI=1S/C16H22N2O4/c1-12(19)10-17-15(20)14-8-5-9-18(14)16(21)22-11-13-6-3-2-4-7-13/h2-4,6-7,12,14,19H,5,8-11H2,1H3,(H,17,20). The third-order valence-electron chi connectivity index (χ3n) is 3.57. The number of likely N-dealkylation sites (tertiary alicyclic amines) is 1. The lowest BCUT2D eigenvalue weighted by Crippen LogP contribution is -2.47. The number of amides is 2. The van der Waals surface area contributed by atoms with E-state index in [1.54, 1.807) is 6.92 Å². The second-order valence-corrected chi connectivity index (χ2v) is 5.49. The van der Waals surface area contributed by atoms with E-state index in [1.807, 2.05) is 30.3 Å². The van der Waals surface area contributed by atoms with E-state index in [1.165, 1.54) is 4.90 Å². The first-order valence-electron chi connectivity index (χ1n) is 7.51. The van der Waals surface area contributed by atoms with Gasteiger partial charge in [0, 0.05) is 13.1 Å². The zero-order valence-corrected chi connectivity index (χ0v) is 12.7. The molecule has 6 heteroatoms. The van der Waals surface area contributed by atoms with Gasteiger partial charge in [-0.25, -0.2) is 4.79 Å². The van der Waals surface area contributed by atoms with Gasteiger partial charge >= 0.3 is 6.09 Å². The lowest BCUT2D eigenvalue weighted by Gasteiger charge is -2.23. The molecule has 0 spiro atoms.